The number of aliphatic hydroxyl groups is 1. The van der Waals surface area contributed by atoms with E-state index in [-0.39, 0.29) is 6.10 Å². The van der Waals surface area contributed by atoms with Crippen LogP contribution < -0.4 is 5.73 Å². The second-order valence-electron chi connectivity index (χ2n) is 7.27. The molecule has 0 amide bonds. The summed E-state index contributed by atoms with van der Waals surface area (Å²) in [5.41, 5.74) is 10.8. The average molecular weight is 381 g/mol. The van der Waals surface area contributed by atoms with Crippen LogP contribution in [0.4, 0.5) is 11.4 Å². The number of fused-ring (bicyclic) bond motifs is 1. The van der Waals surface area contributed by atoms with E-state index < -0.39 is 0 Å². The Bertz CT molecular complexity index is 1060. The molecule has 1 saturated carbocycles. The maximum atomic E-state index is 9.87. The van der Waals surface area contributed by atoms with E-state index in [1.54, 1.807) is 12.4 Å². The highest BCUT2D eigenvalue weighted by Gasteiger charge is 2.24. The highest BCUT2D eigenvalue weighted by Crippen LogP contribution is 2.42. The second kappa shape index (κ2) is 6.88. The Kier molecular flexibility index (Phi) is 4.55. The molecule has 0 aliphatic heterocycles. The number of pyridine rings is 1. The van der Waals surface area contributed by atoms with E-state index in [2.05, 4.69) is 26.7 Å². The van der Waals surface area contributed by atoms with Gasteiger partial charge < -0.3 is 15.4 Å². The first-order chi connectivity index (χ1) is 13.0. The van der Waals surface area contributed by atoms with Gasteiger partial charge in [-0.3, -0.25) is 4.98 Å². The molecule has 0 radical (unpaired) electrons. The molecule has 0 spiro atoms. The van der Waals surface area contributed by atoms with Gasteiger partial charge in [0.25, 0.3) is 0 Å². The summed E-state index contributed by atoms with van der Waals surface area (Å²) < 4.78 is 2.27. The number of nitrogens with two attached hydrogens (primary N) is 1. The Labute approximate surface area is 163 Å². The van der Waals surface area contributed by atoms with Gasteiger partial charge in [-0.15, -0.1) is 0 Å². The molecule has 1 aliphatic rings. The molecule has 3 N–H and O–H groups in total. The molecule has 5 nitrogen and oxygen atoms in total. The number of rotatable bonds is 2. The third-order valence-electron chi connectivity index (χ3n) is 5.53. The van der Waals surface area contributed by atoms with Crippen molar-refractivity contribution in [2.45, 2.75) is 44.8 Å². The van der Waals surface area contributed by atoms with Crippen molar-refractivity contribution in [1.82, 2.24) is 9.55 Å². The summed E-state index contributed by atoms with van der Waals surface area (Å²) in [4.78, 5) is 7.87. The van der Waals surface area contributed by atoms with Crippen molar-refractivity contribution in [2.75, 3.05) is 5.73 Å². The van der Waals surface area contributed by atoms with Crippen LogP contribution in [0.15, 0.2) is 30.7 Å². The normalized spacial score (nSPS) is 19.9. The van der Waals surface area contributed by atoms with Crippen LogP contribution in [-0.2, 0) is 0 Å². The van der Waals surface area contributed by atoms with Crippen molar-refractivity contribution < 1.29 is 5.11 Å². The Morgan fingerprint density at radius 3 is 2.67 bits per heavy atom. The summed E-state index contributed by atoms with van der Waals surface area (Å²) in [6, 6.07) is 4.32. The molecule has 2 aromatic heterocycles. The minimum absolute atomic E-state index is 0.203. The lowest BCUT2D eigenvalue weighted by atomic mass is 9.93. The monoisotopic (exact) mass is 380 g/mol. The summed E-state index contributed by atoms with van der Waals surface area (Å²) in [6.07, 6.45) is 8.63. The number of hydrogen-bond donors (Lipinski definition) is 2. The van der Waals surface area contributed by atoms with E-state index in [1.165, 1.54) is 0 Å². The minimum atomic E-state index is -0.203. The minimum Gasteiger partial charge on any atom is -0.396 e. The van der Waals surface area contributed by atoms with Gasteiger partial charge in [0.15, 0.2) is 5.69 Å². The third-order valence-corrected chi connectivity index (χ3v) is 5.95. The zero-order valence-corrected chi connectivity index (χ0v) is 15.9. The number of benzene rings is 1. The number of hydrogen-bond acceptors (Lipinski definition) is 3. The molecule has 6 heteroatoms. The van der Waals surface area contributed by atoms with Crippen molar-refractivity contribution in [1.29, 1.82) is 0 Å². The first kappa shape index (κ1) is 17.8. The fourth-order valence-electron chi connectivity index (χ4n) is 4.01. The van der Waals surface area contributed by atoms with Crippen LogP contribution in [0.5, 0.6) is 0 Å². The largest absolute Gasteiger partial charge is 0.396 e. The van der Waals surface area contributed by atoms with E-state index in [0.717, 1.165) is 53.3 Å². The molecule has 2 heterocycles. The van der Waals surface area contributed by atoms with Crippen LogP contribution in [0.3, 0.4) is 0 Å². The number of aromatic nitrogens is 2. The number of halogens is 1. The standard InChI is InChI=1S/C21H21ClN4O/c1-12-7-20-15(8-19(12)24-2)17(16-9-25-10-18(23)21(16)22)11-26(20)13-3-5-14(27)6-4-13/h7-11,13-14,27H,3-6,23H2,1H3. The molecule has 0 saturated heterocycles. The van der Waals surface area contributed by atoms with Crippen molar-refractivity contribution in [3.8, 4) is 11.1 Å². The Balaban J connectivity index is 1.96. The molecule has 1 aromatic carbocycles. The molecule has 3 aromatic rings. The van der Waals surface area contributed by atoms with Crippen LogP contribution in [0.1, 0.15) is 37.3 Å². The summed E-state index contributed by atoms with van der Waals surface area (Å²) in [5.74, 6) is 0. The quantitative estimate of drug-likeness (QED) is 0.595. The lowest BCUT2D eigenvalue weighted by molar-refractivity contribution is 0.111. The molecule has 4 rings (SSSR count). The van der Waals surface area contributed by atoms with E-state index in [1.807, 2.05) is 13.0 Å². The maximum Gasteiger partial charge on any atom is 0.190 e. The predicted octanol–water partition coefficient (Wildman–Crippen LogP) is 5.27. The van der Waals surface area contributed by atoms with Gasteiger partial charge in [0.05, 0.1) is 29.6 Å². The third kappa shape index (κ3) is 3.05. The van der Waals surface area contributed by atoms with Gasteiger partial charge in [0.2, 0.25) is 0 Å². The molecular weight excluding hydrogens is 360 g/mol. The van der Waals surface area contributed by atoms with Crippen molar-refractivity contribution in [3.63, 3.8) is 0 Å². The molecule has 0 atom stereocenters. The maximum absolute atomic E-state index is 9.87. The van der Waals surface area contributed by atoms with Crippen LogP contribution in [0.25, 0.3) is 26.9 Å². The van der Waals surface area contributed by atoms with Gasteiger partial charge >= 0.3 is 0 Å². The van der Waals surface area contributed by atoms with Gasteiger partial charge in [0, 0.05) is 35.1 Å². The topological polar surface area (TPSA) is 68.4 Å². The lowest BCUT2D eigenvalue weighted by Gasteiger charge is -2.27. The average Bonchev–Trinajstić information content (AvgIpc) is 3.02. The molecule has 1 fully saturated rings. The Morgan fingerprint density at radius 1 is 1.22 bits per heavy atom. The first-order valence-electron chi connectivity index (χ1n) is 9.09. The number of aryl methyl sites for hydroxylation is 1. The summed E-state index contributed by atoms with van der Waals surface area (Å²) in [7, 11) is 0. The van der Waals surface area contributed by atoms with E-state index >= 15 is 0 Å². The zero-order valence-electron chi connectivity index (χ0n) is 15.1. The van der Waals surface area contributed by atoms with Crippen molar-refractivity contribution >= 4 is 33.9 Å². The fourth-order valence-corrected chi connectivity index (χ4v) is 4.21. The number of nitrogen functional groups attached to an aromatic ring is 1. The van der Waals surface area contributed by atoms with E-state index in [0.29, 0.717) is 22.4 Å². The highest BCUT2D eigenvalue weighted by molar-refractivity contribution is 6.36. The van der Waals surface area contributed by atoms with Crippen LogP contribution in [0, 0.1) is 13.5 Å². The van der Waals surface area contributed by atoms with E-state index in [4.69, 9.17) is 23.9 Å². The van der Waals surface area contributed by atoms with Crippen LogP contribution >= 0.6 is 11.6 Å². The predicted molar refractivity (Wildman–Crippen MR) is 109 cm³/mol. The summed E-state index contributed by atoms with van der Waals surface area (Å²) in [6.45, 7) is 9.43. The van der Waals surface area contributed by atoms with Gasteiger partial charge in [-0.1, -0.05) is 11.6 Å². The molecule has 0 bridgehead atoms. The molecule has 0 unspecified atom stereocenters. The highest BCUT2D eigenvalue weighted by atomic mass is 35.5. The lowest BCUT2D eigenvalue weighted by Crippen LogP contribution is -2.20. The van der Waals surface area contributed by atoms with Gasteiger partial charge in [-0.25, -0.2) is 4.85 Å². The molecular formula is C21H21ClN4O. The SMILES string of the molecule is [C-]#[N+]c1cc2c(-c3cncc(N)c3Cl)cn(C3CCC(O)CC3)c2cc1C. The summed E-state index contributed by atoms with van der Waals surface area (Å²) >= 11 is 6.48. The number of nitrogens with zero attached hydrogens (tertiary/aromatic N) is 3. The van der Waals surface area contributed by atoms with Crippen molar-refractivity contribution in [3.05, 3.63) is 52.7 Å². The summed E-state index contributed by atoms with van der Waals surface area (Å²) in [5, 5.41) is 11.3. The van der Waals surface area contributed by atoms with Gasteiger partial charge in [0.1, 0.15) is 0 Å². The molecule has 1 aliphatic carbocycles. The van der Waals surface area contributed by atoms with Crippen LogP contribution in [-0.4, -0.2) is 20.8 Å². The number of aliphatic hydroxyl groups excluding tert-OH is 1. The van der Waals surface area contributed by atoms with Gasteiger partial charge in [-0.2, -0.15) is 0 Å². The molecule has 27 heavy (non-hydrogen) atoms. The Morgan fingerprint density at radius 2 is 1.96 bits per heavy atom. The fraction of sp³-hybridized carbons (Fsp3) is 0.333. The zero-order chi connectivity index (χ0) is 19.1. The second-order valence-corrected chi connectivity index (χ2v) is 7.65. The van der Waals surface area contributed by atoms with E-state index in [9.17, 15) is 5.11 Å². The Hall–Kier alpha value is -2.55. The van der Waals surface area contributed by atoms with Crippen molar-refractivity contribution in [2.24, 2.45) is 0 Å². The smallest absolute Gasteiger partial charge is 0.190 e. The van der Waals surface area contributed by atoms with Crippen LogP contribution in [0.2, 0.25) is 5.02 Å². The first-order valence-corrected chi connectivity index (χ1v) is 9.47. The molecule has 138 valence electrons. The number of anilines is 1. The van der Waals surface area contributed by atoms with Gasteiger partial charge in [-0.05, 0) is 55.7 Å².